The van der Waals surface area contributed by atoms with Crippen molar-refractivity contribution >= 4 is 17.5 Å². The van der Waals surface area contributed by atoms with Crippen LogP contribution in [0.3, 0.4) is 0 Å². The summed E-state index contributed by atoms with van der Waals surface area (Å²) in [6, 6.07) is -0.698. The molecule has 0 spiro atoms. The Balaban J connectivity index is 2.01. The zero-order valence-corrected chi connectivity index (χ0v) is 11.1. The fraction of sp³-hybridized carbons (Fsp3) is 0.667. The maximum absolute atomic E-state index is 11.6. The number of aryl methyl sites for hydroxylation is 1. The predicted molar refractivity (Wildman–Crippen MR) is 69.5 cm³/mol. The number of hydrogen-bond donors (Lipinski definition) is 1. The molecule has 3 rings (SSSR count). The number of aromatic nitrogens is 2. The van der Waals surface area contributed by atoms with Crippen molar-refractivity contribution in [1.82, 2.24) is 9.78 Å². The van der Waals surface area contributed by atoms with E-state index in [0.717, 1.165) is 19.3 Å². The van der Waals surface area contributed by atoms with E-state index < -0.39 is 16.9 Å². The summed E-state index contributed by atoms with van der Waals surface area (Å²) in [5.41, 5.74) is -0.126. The van der Waals surface area contributed by atoms with Crippen molar-refractivity contribution in [2.45, 2.75) is 25.3 Å². The van der Waals surface area contributed by atoms with Crippen molar-refractivity contribution in [2.75, 3.05) is 11.4 Å². The smallest absolute Gasteiger partial charge is 0.330 e. The minimum atomic E-state index is -0.917. The second-order valence-corrected chi connectivity index (χ2v) is 5.56. The van der Waals surface area contributed by atoms with Crippen LogP contribution in [0.4, 0.5) is 11.5 Å². The van der Waals surface area contributed by atoms with Crippen LogP contribution in [0.15, 0.2) is 6.20 Å². The Morgan fingerprint density at radius 1 is 1.55 bits per heavy atom. The maximum atomic E-state index is 11.6. The molecule has 2 fully saturated rings. The van der Waals surface area contributed by atoms with E-state index in [1.807, 2.05) is 0 Å². The normalized spacial score (nSPS) is 28.6. The molecule has 0 radical (unpaired) electrons. The highest BCUT2D eigenvalue weighted by molar-refractivity contribution is 5.80. The summed E-state index contributed by atoms with van der Waals surface area (Å²) in [5.74, 6) is -0.356. The molecular weight excluding hydrogens is 264 g/mol. The van der Waals surface area contributed by atoms with Crippen LogP contribution in [0.5, 0.6) is 0 Å². The van der Waals surface area contributed by atoms with E-state index in [9.17, 15) is 20.0 Å². The Kier molecular flexibility index (Phi) is 2.88. The number of hydrogen-bond acceptors (Lipinski definition) is 5. The second kappa shape index (κ2) is 4.46. The van der Waals surface area contributed by atoms with Gasteiger partial charge in [-0.25, -0.2) is 4.79 Å². The Bertz CT molecular complexity index is 570. The van der Waals surface area contributed by atoms with Gasteiger partial charge in [-0.15, -0.1) is 5.10 Å². The molecule has 1 N–H and O–H groups in total. The van der Waals surface area contributed by atoms with Crippen molar-refractivity contribution in [3.8, 4) is 0 Å². The molecule has 1 aromatic heterocycles. The molecule has 20 heavy (non-hydrogen) atoms. The number of nitro groups is 1. The third kappa shape index (κ3) is 1.83. The lowest BCUT2D eigenvalue weighted by Gasteiger charge is -2.23. The first kappa shape index (κ1) is 12.9. The Morgan fingerprint density at radius 3 is 2.95 bits per heavy atom. The van der Waals surface area contributed by atoms with Crippen LogP contribution in [-0.2, 0) is 11.8 Å². The second-order valence-electron chi connectivity index (χ2n) is 5.56. The molecule has 0 bridgehead atoms. The van der Waals surface area contributed by atoms with Gasteiger partial charge in [0.15, 0.2) is 0 Å². The summed E-state index contributed by atoms with van der Waals surface area (Å²) in [7, 11) is 1.60. The van der Waals surface area contributed by atoms with Crippen LogP contribution in [0, 0.1) is 22.0 Å². The summed E-state index contributed by atoms with van der Waals surface area (Å²) in [6.07, 6.45) is 4.23. The molecule has 1 saturated carbocycles. The molecule has 3 atom stereocenters. The summed E-state index contributed by atoms with van der Waals surface area (Å²) >= 11 is 0. The highest BCUT2D eigenvalue weighted by Gasteiger charge is 2.50. The summed E-state index contributed by atoms with van der Waals surface area (Å²) in [5, 5.41) is 24.7. The number of aliphatic carboxylic acids is 1. The van der Waals surface area contributed by atoms with E-state index >= 15 is 0 Å². The molecule has 1 aliphatic carbocycles. The van der Waals surface area contributed by atoms with Crippen LogP contribution >= 0.6 is 0 Å². The lowest BCUT2D eigenvalue weighted by molar-refractivity contribution is -0.384. The van der Waals surface area contributed by atoms with Crippen LogP contribution in [0.25, 0.3) is 0 Å². The predicted octanol–water partition coefficient (Wildman–Crippen LogP) is 1.02. The Hall–Kier alpha value is -2.12. The van der Waals surface area contributed by atoms with E-state index in [1.165, 1.54) is 10.9 Å². The number of carboxylic acids is 1. The number of rotatable bonds is 3. The third-order valence-electron chi connectivity index (χ3n) is 4.40. The van der Waals surface area contributed by atoms with Gasteiger partial charge in [0.2, 0.25) is 5.82 Å². The summed E-state index contributed by atoms with van der Waals surface area (Å²) < 4.78 is 1.36. The third-order valence-corrected chi connectivity index (χ3v) is 4.40. The largest absolute Gasteiger partial charge is 0.480 e. The molecule has 8 heteroatoms. The van der Waals surface area contributed by atoms with E-state index in [0.29, 0.717) is 12.5 Å². The molecule has 0 aromatic carbocycles. The summed E-state index contributed by atoms with van der Waals surface area (Å²) in [4.78, 5) is 23.8. The number of carbonyl (C=O) groups is 1. The van der Waals surface area contributed by atoms with E-state index in [2.05, 4.69) is 5.10 Å². The molecular formula is C12H16N4O4. The Morgan fingerprint density at radius 2 is 2.30 bits per heavy atom. The number of anilines is 1. The van der Waals surface area contributed by atoms with Crippen LogP contribution in [-0.4, -0.2) is 38.4 Å². The topological polar surface area (TPSA) is 102 Å². The highest BCUT2D eigenvalue weighted by Crippen LogP contribution is 2.45. The molecule has 3 unspecified atom stereocenters. The van der Waals surface area contributed by atoms with Gasteiger partial charge in [0.25, 0.3) is 0 Å². The van der Waals surface area contributed by atoms with Gasteiger partial charge in [-0.3, -0.25) is 14.8 Å². The SMILES string of the molecule is Cn1cc([N+](=O)[O-])c(N2CC3CCCC3C2C(=O)O)n1. The fourth-order valence-corrected chi connectivity index (χ4v) is 3.64. The van der Waals surface area contributed by atoms with Gasteiger partial charge in [-0.05, 0) is 24.7 Å². The van der Waals surface area contributed by atoms with Gasteiger partial charge in [0.05, 0.1) is 4.92 Å². The Labute approximate surface area is 115 Å². The standard InChI is InChI=1S/C12H16N4O4/c1-14-6-9(16(19)20)11(13-14)15-5-7-3-2-4-8(7)10(15)12(17)18/h6-8,10H,2-5H2,1H3,(H,17,18). The number of nitrogens with zero attached hydrogens (tertiary/aromatic N) is 4. The molecule has 1 aliphatic heterocycles. The molecule has 8 nitrogen and oxygen atoms in total. The van der Waals surface area contributed by atoms with Crippen LogP contribution < -0.4 is 4.90 Å². The minimum Gasteiger partial charge on any atom is -0.480 e. The van der Waals surface area contributed by atoms with Crippen molar-refractivity contribution in [3.05, 3.63) is 16.3 Å². The van der Waals surface area contributed by atoms with Gasteiger partial charge >= 0.3 is 11.7 Å². The number of carboxylic acid groups (broad SMARTS) is 1. The van der Waals surface area contributed by atoms with Gasteiger partial charge in [-0.2, -0.15) is 0 Å². The van der Waals surface area contributed by atoms with E-state index in [-0.39, 0.29) is 17.4 Å². The van der Waals surface area contributed by atoms with Crippen molar-refractivity contribution in [1.29, 1.82) is 0 Å². The van der Waals surface area contributed by atoms with Crippen molar-refractivity contribution in [3.63, 3.8) is 0 Å². The van der Waals surface area contributed by atoms with Gasteiger partial charge in [-0.1, -0.05) is 6.42 Å². The number of fused-ring (bicyclic) bond motifs is 1. The first-order valence-corrected chi connectivity index (χ1v) is 6.66. The molecule has 1 saturated heterocycles. The minimum absolute atomic E-state index is 0.0779. The zero-order valence-electron chi connectivity index (χ0n) is 11.1. The molecule has 0 amide bonds. The van der Waals surface area contributed by atoms with Crippen LogP contribution in [0.1, 0.15) is 19.3 Å². The van der Waals surface area contributed by atoms with Gasteiger partial charge < -0.3 is 10.0 Å². The summed E-state index contributed by atoms with van der Waals surface area (Å²) in [6.45, 7) is 0.541. The maximum Gasteiger partial charge on any atom is 0.330 e. The van der Waals surface area contributed by atoms with Crippen molar-refractivity contribution < 1.29 is 14.8 Å². The molecule has 2 heterocycles. The monoisotopic (exact) mass is 280 g/mol. The van der Waals surface area contributed by atoms with Gasteiger partial charge in [0, 0.05) is 13.6 Å². The average Bonchev–Trinajstić information content (AvgIpc) is 2.99. The average molecular weight is 280 g/mol. The van der Waals surface area contributed by atoms with E-state index in [4.69, 9.17) is 0 Å². The van der Waals surface area contributed by atoms with Crippen molar-refractivity contribution in [2.24, 2.45) is 18.9 Å². The molecule has 1 aromatic rings. The molecule has 2 aliphatic rings. The quantitative estimate of drug-likeness (QED) is 0.655. The lowest BCUT2D eigenvalue weighted by Crippen LogP contribution is -2.40. The molecule has 108 valence electrons. The highest BCUT2D eigenvalue weighted by atomic mass is 16.6. The zero-order chi connectivity index (χ0) is 14.4. The fourth-order valence-electron chi connectivity index (χ4n) is 3.64. The first-order chi connectivity index (χ1) is 9.49. The van der Waals surface area contributed by atoms with Crippen LogP contribution in [0.2, 0.25) is 0 Å². The first-order valence-electron chi connectivity index (χ1n) is 6.66. The lowest BCUT2D eigenvalue weighted by atomic mass is 9.94. The van der Waals surface area contributed by atoms with Gasteiger partial charge in [0.1, 0.15) is 12.2 Å². The van der Waals surface area contributed by atoms with E-state index in [1.54, 1.807) is 11.9 Å².